The van der Waals surface area contributed by atoms with E-state index in [1.165, 1.54) is 12.1 Å². The summed E-state index contributed by atoms with van der Waals surface area (Å²) < 4.78 is 34.8. The lowest BCUT2D eigenvalue weighted by Gasteiger charge is -2.13. The Hall–Kier alpha value is -5.16. The lowest BCUT2D eigenvalue weighted by atomic mass is 10.0. The Morgan fingerprint density at radius 3 is 2.32 bits per heavy atom. The van der Waals surface area contributed by atoms with Crippen molar-refractivity contribution in [1.29, 1.82) is 0 Å². The number of carbonyl (C=O) groups is 2. The van der Waals surface area contributed by atoms with E-state index >= 15 is 0 Å². The van der Waals surface area contributed by atoms with Gasteiger partial charge in [0.05, 0.1) is 15.9 Å². The molecular formula is C36H39N5O5S. The number of unbranched alkanes of at least 4 members (excludes halogenated alkanes) is 2. The predicted molar refractivity (Wildman–Crippen MR) is 184 cm³/mol. The summed E-state index contributed by atoms with van der Waals surface area (Å²) in [6.45, 7) is 5.46. The van der Waals surface area contributed by atoms with Crippen molar-refractivity contribution in [2.24, 2.45) is 0 Å². The van der Waals surface area contributed by atoms with Crippen molar-refractivity contribution in [3.8, 4) is 16.9 Å². The van der Waals surface area contributed by atoms with E-state index < -0.39 is 16.1 Å². The van der Waals surface area contributed by atoms with Crippen molar-refractivity contribution in [1.82, 2.24) is 19.6 Å². The molecule has 1 heterocycles. The number of hydrogen-bond donors (Lipinski definition) is 3. The van der Waals surface area contributed by atoms with Crippen molar-refractivity contribution >= 4 is 38.9 Å². The fraction of sp³-hybridized carbons (Fsp3) is 0.250. The summed E-state index contributed by atoms with van der Waals surface area (Å²) in [6, 6.07) is 28.1. The van der Waals surface area contributed by atoms with Gasteiger partial charge in [-0.05, 0) is 60.4 Å². The Labute approximate surface area is 275 Å². The van der Waals surface area contributed by atoms with Crippen LogP contribution in [-0.2, 0) is 23.0 Å². The Morgan fingerprint density at radius 1 is 0.851 bits per heavy atom. The van der Waals surface area contributed by atoms with Crippen LogP contribution < -0.4 is 20.1 Å². The molecule has 0 radical (unpaired) electrons. The number of nitrogens with zero attached hydrogens (tertiary/aromatic N) is 2. The minimum atomic E-state index is -4.08. The molecule has 0 unspecified atom stereocenters. The fourth-order valence-corrected chi connectivity index (χ4v) is 6.06. The molecule has 244 valence electrons. The zero-order valence-electron chi connectivity index (χ0n) is 26.5. The number of amides is 3. The van der Waals surface area contributed by atoms with Crippen molar-refractivity contribution in [3.05, 3.63) is 108 Å². The van der Waals surface area contributed by atoms with Crippen molar-refractivity contribution < 1.29 is 22.7 Å². The summed E-state index contributed by atoms with van der Waals surface area (Å²) in [4.78, 5) is 29.8. The molecule has 4 aromatic carbocycles. The van der Waals surface area contributed by atoms with Gasteiger partial charge in [-0.15, -0.1) is 0 Å². The largest absolute Gasteiger partial charge is 0.426 e. The molecule has 3 amide bonds. The van der Waals surface area contributed by atoms with Gasteiger partial charge in [0.15, 0.2) is 0 Å². The van der Waals surface area contributed by atoms with Gasteiger partial charge in [-0.1, -0.05) is 87.4 Å². The maximum atomic E-state index is 12.6. The zero-order valence-corrected chi connectivity index (χ0v) is 27.3. The van der Waals surface area contributed by atoms with Crippen LogP contribution in [0, 0.1) is 0 Å². The monoisotopic (exact) mass is 653 g/mol. The summed E-state index contributed by atoms with van der Waals surface area (Å²) in [5, 5.41) is 5.78. The van der Waals surface area contributed by atoms with E-state index in [1.54, 1.807) is 30.3 Å². The van der Waals surface area contributed by atoms with Gasteiger partial charge in [0, 0.05) is 30.8 Å². The number of urea groups is 1. The average molecular weight is 654 g/mol. The molecule has 5 rings (SSSR count). The van der Waals surface area contributed by atoms with Gasteiger partial charge in [0.1, 0.15) is 11.6 Å². The number of carbonyl (C=O) groups excluding carboxylic acids is 2. The van der Waals surface area contributed by atoms with Crippen LogP contribution in [0.5, 0.6) is 5.75 Å². The molecular weight excluding hydrogens is 614 g/mol. The van der Waals surface area contributed by atoms with Gasteiger partial charge in [0.2, 0.25) is 0 Å². The van der Waals surface area contributed by atoms with E-state index in [-0.39, 0.29) is 16.7 Å². The highest BCUT2D eigenvalue weighted by molar-refractivity contribution is 7.90. The molecule has 0 aliphatic heterocycles. The molecule has 47 heavy (non-hydrogen) atoms. The number of hydrogen-bond acceptors (Lipinski definition) is 6. The molecule has 0 atom stereocenters. The lowest BCUT2D eigenvalue weighted by molar-refractivity contribution is 0.207. The maximum absolute atomic E-state index is 12.6. The summed E-state index contributed by atoms with van der Waals surface area (Å²) in [6.07, 6.45) is 3.72. The number of anilines is 1. The summed E-state index contributed by atoms with van der Waals surface area (Å²) in [7, 11) is -4.08. The minimum Gasteiger partial charge on any atom is -0.409 e. The molecule has 5 aromatic rings. The molecule has 0 spiro atoms. The summed E-state index contributed by atoms with van der Waals surface area (Å²) in [5.74, 6) is 1.21. The van der Waals surface area contributed by atoms with Crippen LogP contribution in [0.1, 0.15) is 50.9 Å². The highest BCUT2D eigenvalue weighted by atomic mass is 32.2. The van der Waals surface area contributed by atoms with Crippen LogP contribution in [0.4, 0.5) is 15.3 Å². The van der Waals surface area contributed by atoms with Crippen LogP contribution in [-0.4, -0.2) is 36.6 Å². The first kappa shape index (κ1) is 33.2. The fourth-order valence-electron chi connectivity index (χ4n) is 5.17. The molecule has 11 heteroatoms. The van der Waals surface area contributed by atoms with Gasteiger partial charge in [-0.25, -0.2) is 27.7 Å². The van der Waals surface area contributed by atoms with Gasteiger partial charge in [-0.2, -0.15) is 0 Å². The van der Waals surface area contributed by atoms with Crippen LogP contribution >= 0.6 is 0 Å². The Balaban J connectivity index is 1.32. The summed E-state index contributed by atoms with van der Waals surface area (Å²) >= 11 is 0. The summed E-state index contributed by atoms with van der Waals surface area (Å²) in [5.41, 5.74) is 4.98. The van der Waals surface area contributed by atoms with Gasteiger partial charge in [0.25, 0.3) is 10.0 Å². The first-order valence-electron chi connectivity index (χ1n) is 15.8. The van der Waals surface area contributed by atoms with E-state index in [2.05, 4.69) is 29.0 Å². The molecule has 0 saturated heterocycles. The van der Waals surface area contributed by atoms with Crippen LogP contribution in [0.25, 0.3) is 22.2 Å². The van der Waals surface area contributed by atoms with Gasteiger partial charge < -0.3 is 19.9 Å². The second kappa shape index (κ2) is 15.4. The number of nitrogens with one attached hydrogen (secondary N) is 3. The minimum absolute atomic E-state index is 0.0355. The van der Waals surface area contributed by atoms with E-state index in [1.807, 2.05) is 59.3 Å². The van der Waals surface area contributed by atoms with Gasteiger partial charge >= 0.3 is 12.1 Å². The van der Waals surface area contributed by atoms with Crippen molar-refractivity contribution in [3.63, 3.8) is 0 Å². The average Bonchev–Trinajstić information content (AvgIpc) is 3.40. The molecule has 3 N–H and O–H groups in total. The Bertz CT molecular complexity index is 1940. The highest BCUT2D eigenvalue weighted by Gasteiger charge is 2.20. The molecule has 1 aromatic heterocycles. The quantitative estimate of drug-likeness (QED) is 0.113. The number of aryl methyl sites for hydroxylation is 1. The second-order valence-electron chi connectivity index (χ2n) is 11.2. The SMILES string of the molecule is CCCCNC(=O)Nc1ccc2c(c1)nc(CCCC)n2Cc1ccc(-c2ccccc2OC(=O)NS(=O)(=O)c2ccccc2)cc1. The maximum Gasteiger partial charge on any atom is 0.426 e. The van der Waals surface area contributed by atoms with E-state index in [0.29, 0.717) is 24.3 Å². The number of sulfonamides is 1. The van der Waals surface area contributed by atoms with Crippen LogP contribution in [0.2, 0.25) is 0 Å². The third-order valence-electron chi connectivity index (χ3n) is 7.62. The standard InChI is InChI=1S/C36H39N5O5S/c1-3-5-16-34-39-31-24-28(38-35(42)37-23-6-4-2)21-22-32(31)41(34)25-26-17-19-27(20-18-26)30-14-10-11-15-33(30)46-36(43)40-47(44,45)29-12-8-7-9-13-29/h7-15,17-22,24H,3-6,16,23,25H2,1-2H3,(H,40,43)(H2,37,38,42). The number of rotatable bonds is 13. The number of fused-ring (bicyclic) bond motifs is 1. The molecule has 10 nitrogen and oxygen atoms in total. The molecule has 0 fully saturated rings. The first-order chi connectivity index (χ1) is 22.8. The molecule has 0 aliphatic carbocycles. The van der Waals surface area contributed by atoms with E-state index in [0.717, 1.165) is 60.1 Å². The van der Waals surface area contributed by atoms with E-state index in [9.17, 15) is 18.0 Å². The number of para-hydroxylation sites is 1. The number of aromatic nitrogens is 2. The zero-order chi connectivity index (χ0) is 33.2. The second-order valence-corrected chi connectivity index (χ2v) is 12.8. The Kier molecular flexibility index (Phi) is 10.9. The number of ether oxygens (including phenoxy) is 1. The normalized spacial score (nSPS) is 11.3. The number of imidazole rings is 1. The topological polar surface area (TPSA) is 131 Å². The number of benzene rings is 4. The third kappa shape index (κ3) is 8.56. The molecule has 0 saturated carbocycles. The first-order valence-corrected chi connectivity index (χ1v) is 17.3. The lowest BCUT2D eigenvalue weighted by Crippen LogP contribution is -2.33. The van der Waals surface area contributed by atoms with Gasteiger partial charge in [-0.3, -0.25) is 0 Å². The van der Waals surface area contributed by atoms with Crippen LogP contribution in [0.15, 0.2) is 102 Å². The van der Waals surface area contributed by atoms with Crippen molar-refractivity contribution in [2.75, 3.05) is 11.9 Å². The van der Waals surface area contributed by atoms with Crippen molar-refractivity contribution in [2.45, 2.75) is 57.4 Å². The Morgan fingerprint density at radius 2 is 1.57 bits per heavy atom. The molecule has 0 bridgehead atoms. The van der Waals surface area contributed by atoms with E-state index in [4.69, 9.17) is 9.72 Å². The highest BCUT2D eigenvalue weighted by Crippen LogP contribution is 2.31. The third-order valence-corrected chi connectivity index (χ3v) is 8.95. The predicted octanol–water partition coefficient (Wildman–Crippen LogP) is 7.49. The molecule has 0 aliphatic rings. The van der Waals surface area contributed by atoms with Crippen LogP contribution in [0.3, 0.4) is 0 Å². The smallest absolute Gasteiger partial charge is 0.409 e.